The largest absolute Gasteiger partial charge is 0.342 e. The Labute approximate surface area is 137 Å². The zero-order valence-corrected chi connectivity index (χ0v) is 15.4. The fraction of sp³-hybridized carbons (Fsp3) is 0.947. The zero-order valence-electron chi connectivity index (χ0n) is 15.4. The van der Waals surface area contributed by atoms with Crippen molar-refractivity contribution in [2.75, 3.05) is 32.7 Å². The van der Waals surface area contributed by atoms with Crippen molar-refractivity contribution in [3.8, 4) is 0 Å². The third-order valence-corrected chi connectivity index (χ3v) is 6.02. The Morgan fingerprint density at radius 1 is 1.05 bits per heavy atom. The van der Waals surface area contributed by atoms with Crippen LogP contribution in [0.25, 0.3) is 0 Å². The number of nitrogens with zero attached hydrogens (tertiary/aromatic N) is 2. The summed E-state index contributed by atoms with van der Waals surface area (Å²) in [7, 11) is 0. The zero-order chi connectivity index (χ0) is 16.3. The van der Waals surface area contributed by atoms with Crippen molar-refractivity contribution in [2.45, 2.75) is 60.3 Å². The molecule has 0 N–H and O–H groups in total. The molecule has 1 unspecified atom stereocenters. The molecule has 2 heterocycles. The molecule has 0 aliphatic carbocycles. The van der Waals surface area contributed by atoms with Crippen LogP contribution in [0, 0.1) is 23.2 Å². The predicted octanol–water partition coefficient (Wildman–Crippen LogP) is 3.64. The first-order valence-corrected chi connectivity index (χ1v) is 9.34. The van der Waals surface area contributed by atoms with Crippen molar-refractivity contribution in [3.05, 3.63) is 0 Å². The molecule has 1 atom stereocenters. The predicted molar refractivity (Wildman–Crippen MR) is 92.8 cm³/mol. The summed E-state index contributed by atoms with van der Waals surface area (Å²) in [5, 5.41) is 0. The van der Waals surface area contributed by atoms with Crippen LogP contribution in [-0.2, 0) is 4.79 Å². The highest BCUT2D eigenvalue weighted by Gasteiger charge is 2.44. The molecule has 3 nitrogen and oxygen atoms in total. The molecule has 2 rings (SSSR count). The first-order chi connectivity index (χ1) is 10.3. The Morgan fingerprint density at radius 3 is 2.14 bits per heavy atom. The Hall–Kier alpha value is -0.570. The highest BCUT2D eigenvalue weighted by molar-refractivity contribution is 5.78. The summed E-state index contributed by atoms with van der Waals surface area (Å²) in [4.78, 5) is 16.8. The normalized spacial score (nSPS) is 23.1. The van der Waals surface area contributed by atoms with E-state index in [-0.39, 0.29) is 5.92 Å². The van der Waals surface area contributed by atoms with E-state index in [0.717, 1.165) is 24.9 Å². The van der Waals surface area contributed by atoms with E-state index in [1.807, 2.05) is 13.8 Å². The first kappa shape index (κ1) is 17.8. The minimum atomic E-state index is 0.148. The average Bonchev–Trinajstić information content (AvgIpc) is 2.44. The quantitative estimate of drug-likeness (QED) is 0.748. The summed E-state index contributed by atoms with van der Waals surface area (Å²) in [5.74, 6) is 2.15. The molecule has 0 aromatic rings. The van der Waals surface area contributed by atoms with Gasteiger partial charge in [-0.2, -0.15) is 0 Å². The van der Waals surface area contributed by atoms with Gasteiger partial charge in [-0.05, 0) is 49.5 Å². The van der Waals surface area contributed by atoms with E-state index in [0.29, 0.717) is 11.3 Å². The number of carbonyl (C=O) groups is 1. The summed E-state index contributed by atoms with van der Waals surface area (Å²) in [6.07, 6.45) is 5.12. The summed E-state index contributed by atoms with van der Waals surface area (Å²) in [6.45, 7) is 16.8. The van der Waals surface area contributed by atoms with Crippen LogP contribution < -0.4 is 0 Å². The summed E-state index contributed by atoms with van der Waals surface area (Å²) in [5.41, 5.74) is 0.539. The van der Waals surface area contributed by atoms with Crippen LogP contribution in [0.5, 0.6) is 0 Å². The van der Waals surface area contributed by atoms with Crippen LogP contribution in [0.1, 0.15) is 60.3 Å². The molecular weight excluding hydrogens is 272 g/mol. The minimum Gasteiger partial charge on any atom is -0.342 e. The van der Waals surface area contributed by atoms with E-state index >= 15 is 0 Å². The van der Waals surface area contributed by atoms with Crippen LogP contribution in [0.4, 0.5) is 0 Å². The molecule has 3 heteroatoms. The topological polar surface area (TPSA) is 23.6 Å². The molecule has 2 fully saturated rings. The van der Waals surface area contributed by atoms with Crippen molar-refractivity contribution >= 4 is 5.91 Å². The van der Waals surface area contributed by atoms with Gasteiger partial charge in [0, 0.05) is 32.1 Å². The monoisotopic (exact) mass is 308 g/mol. The van der Waals surface area contributed by atoms with Gasteiger partial charge >= 0.3 is 0 Å². The van der Waals surface area contributed by atoms with Gasteiger partial charge in [-0.1, -0.05) is 34.6 Å². The summed E-state index contributed by atoms with van der Waals surface area (Å²) < 4.78 is 0. The Balaban J connectivity index is 1.64. The van der Waals surface area contributed by atoms with Gasteiger partial charge in [0.05, 0.1) is 0 Å². The highest BCUT2D eigenvalue weighted by atomic mass is 16.2. The summed E-state index contributed by atoms with van der Waals surface area (Å²) in [6, 6.07) is 0. The molecule has 0 aromatic heterocycles. The first-order valence-electron chi connectivity index (χ1n) is 9.34. The van der Waals surface area contributed by atoms with Gasteiger partial charge in [-0.25, -0.2) is 0 Å². The third kappa shape index (κ3) is 4.24. The molecule has 2 aliphatic rings. The second-order valence-corrected chi connectivity index (χ2v) is 8.55. The lowest BCUT2D eigenvalue weighted by atomic mass is 9.71. The summed E-state index contributed by atoms with van der Waals surface area (Å²) >= 11 is 0. The third-order valence-electron chi connectivity index (χ3n) is 6.02. The van der Waals surface area contributed by atoms with Crippen LogP contribution in [0.15, 0.2) is 0 Å². The molecule has 2 saturated heterocycles. The van der Waals surface area contributed by atoms with Gasteiger partial charge in [0.1, 0.15) is 0 Å². The number of hydrogen-bond donors (Lipinski definition) is 0. The smallest absolute Gasteiger partial charge is 0.225 e. The lowest BCUT2D eigenvalue weighted by molar-refractivity contribution is -0.139. The SMILES string of the molecule is CC(C)C(=O)N1CCC2(CC1)CN(CCCC(C)C(C)C)C2. The number of amides is 1. The molecule has 2 aliphatic heterocycles. The molecule has 22 heavy (non-hydrogen) atoms. The molecular formula is C19H36N2O. The van der Waals surface area contributed by atoms with E-state index in [1.165, 1.54) is 45.3 Å². The number of likely N-dealkylation sites (tertiary alicyclic amines) is 2. The number of piperidine rings is 1. The van der Waals surface area contributed by atoms with Crippen molar-refractivity contribution in [3.63, 3.8) is 0 Å². The van der Waals surface area contributed by atoms with Gasteiger partial charge in [-0.3, -0.25) is 4.79 Å². The van der Waals surface area contributed by atoms with E-state index in [2.05, 4.69) is 30.6 Å². The lowest BCUT2D eigenvalue weighted by Gasteiger charge is -2.54. The van der Waals surface area contributed by atoms with E-state index in [9.17, 15) is 4.79 Å². The Bertz CT molecular complexity index is 362. The van der Waals surface area contributed by atoms with E-state index in [1.54, 1.807) is 0 Å². The standard InChI is InChI=1S/C19H36N2O/c1-15(2)17(5)7-6-10-20-13-19(14-20)8-11-21(12-9-19)18(22)16(3)4/h15-17H,6-14H2,1-5H3. The van der Waals surface area contributed by atoms with Gasteiger partial charge in [-0.15, -0.1) is 0 Å². The molecule has 1 amide bonds. The molecule has 0 bridgehead atoms. The fourth-order valence-electron chi connectivity index (χ4n) is 3.91. The number of rotatable bonds is 6. The maximum absolute atomic E-state index is 12.1. The maximum atomic E-state index is 12.1. The van der Waals surface area contributed by atoms with Crippen LogP contribution in [-0.4, -0.2) is 48.4 Å². The second-order valence-electron chi connectivity index (χ2n) is 8.55. The molecule has 0 saturated carbocycles. The molecule has 0 aromatic carbocycles. The molecule has 128 valence electrons. The number of carbonyl (C=O) groups excluding carboxylic acids is 1. The fourth-order valence-corrected chi connectivity index (χ4v) is 3.91. The van der Waals surface area contributed by atoms with Gasteiger partial charge in [0.25, 0.3) is 0 Å². The van der Waals surface area contributed by atoms with Crippen molar-refractivity contribution in [2.24, 2.45) is 23.2 Å². The average molecular weight is 309 g/mol. The lowest BCUT2D eigenvalue weighted by Crippen LogP contribution is -2.61. The van der Waals surface area contributed by atoms with Gasteiger partial charge in [0.15, 0.2) is 0 Å². The van der Waals surface area contributed by atoms with E-state index < -0.39 is 0 Å². The molecule has 1 spiro atoms. The van der Waals surface area contributed by atoms with Crippen molar-refractivity contribution in [1.82, 2.24) is 9.80 Å². The van der Waals surface area contributed by atoms with Gasteiger partial charge in [0.2, 0.25) is 5.91 Å². The Morgan fingerprint density at radius 2 is 1.64 bits per heavy atom. The maximum Gasteiger partial charge on any atom is 0.225 e. The van der Waals surface area contributed by atoms with Crippen LogP contribution >= 0.6 is 0 Å². The van der Waals surface area contributed by atoms with Gasteiger partial charge < -0.3 is 9.80 Å². The molecule has 0 radical (unpaired) electrons. The highest BCUT2D eigenvalue weighted by Crippen LogP contribution is 2.40. The van der Waals surface area contributed by atoms with Crippen molar-refractivity contribution in [1.29, 1.82) is 0 Å². The second kappa shape index (κ2) is 7.33. The minimum absolute atomic E-state index is 0.148. The van der Waals surface area contributed by atoms with Crippen LogP contribution in [0.3, 0.4) is 0 Å². The van der Waals surface area contributed by atoms with E-state index in [4.69, 9.17) is 0 Å². The number of hydrogen-bond acceptors (Lipinski definition) is 2. The van der Waals surface area contributed by atoms with Crippen molar-refractivity contribution < 1.29 is 4.79 Å². The van der Waals surface area contributed by atoms with Crippen LogP contribution in [0.2, 0.25) is 0 Å². The Kier molecular flexibility index (Phi) is 5.93.